The number of pyridine rings is 1. The van der Waals surface area contributed by atoms with Gasteiger partial charge in [-0.25, -0.2) is 0 Å². The molecule has 0 fully saturated rings. The normalized spacial score (nSPS) is 17.6. The molecule has 0 bridgehead atoms. The number of hydrogen-bond acceptors (Lipinski definition) is 3. The molecule has 0 unspecified atom stereocenters. The van der Waals surface area contributed by atoms with Crippen molar-refractivity contribution >= 4 is 0 Å². The van der Waals surface area contributed by atoms with Gasteiger partial charge in [0.2, 0.25) is 0 Å². The van der Waals surface area contributed by atoms with Crippen LogP contribution in [0, 0.1) is 0 Å². The number of aliphatic hydroxyl groups is 1. The van der Waals surface area contributed by atoms with E-state index < -0.39 is 0 Å². The summed E-state index contributed by atoms with van der Waals surface area (Å²) in [6, 6.07) is 10.1. The Labute approximate surface area is 119 Å². The molecule has 0 saturated heterocycles. The van der Waals surface area contributed by atoms with E-state index in [-0.39, 0.29) is 6.10 Å². The maximum absolute atomic E-state index is 10.0. The minimum absolute atomic E-state index is 0.333. The van der Waals surface area contributed by atoms with Crippen LogP contribution in [0.2, 0.25) is 0 Å². The van der Waals surface area contributed by atoms with Crippen molar-refractivity contribution in [2.24, 2.45) is 0 Å². The van der Waals surface area contributed by atoms with Crippen molar-refractivity contribution in [1.29, 1.82) is 0 Å². The fraction of sp³-hybridized carbons (Fsp3) is 0.353. The molecular weight excluding hydrogens is 250 g/mol. The highest BCUT2D eigenvalue weighted by molar-refractivity contribution is 5.38. The lowest BCUT2D eigenvalue weighted by Crippen LogP contribution is -2.10. The van der Waals surface area contributed by atoms with Crippen LogP contribution < -0.4 is 4.74 Å². The SMILES string of the molecule is O[C@H]1CCCc2ccc(OCCc3cccnc3)cc21. The summed E-state index contributed by atoms with van der Waals surface area (Å²) in [5.74, 6) is 0.841. The molecule has 3 nitrogen and oxygen atoms in total. The Hall–Kier alpha value is -1.87. The number of nitrogens with zero attached hydrogens (tertiary/aromatic N) is 1. The van der Waals surface area contributed by atoms with E-state index in [9.17, 15) is 5.11 Å². The molecule has 0 amide bonds. The first-order valence-corrected chi connectivity index (χ1v) is 7.15. The molecular formula is C17H19NO2. The van der Waals surface area contributed by atoms with E-state index in [1.54, 1.807) is 6.20 Å². The van der Waals surface area contributed by atoms with E-state index in [0.717, 1.165) is 37.0 Å². The Bertz CT molecular complexity index is 568. The minimum Gasteiger partial charge on any atom is -0.493 e. The number of aliphatic hydroxyl groups excluding tert-OH is 1. The van der Waals surface area contributed by atoms with Crippen molar-refractivity contribution in [3.05, 3.63) is 59.4 Å². The maximum Gasteiger partial charge on any atom is 0.119 e. The number of aryl methyl sites for hydroxylation is 1. The van der Waals surface area contributed by atoms with Gasteiger partial charge in [-0.3, -0.25) is 4.98 Å². The summed E-state index contributed by atoms with van der Waals surface area (Å²) in [7, 11) is 0. The fourth-order valence-corrected chi connectivity index (χ4v) is 2.67. The molecule has 1 heterocycles. The van der Waals surface area contributed by atoms with Crippen LogP contribution in [-0.2, 0) is 12.8 Å². The molecule has 1 aliphatic carbocycles. The summed E-state index contributed by atoms with van der Waals surface area (Å²) in [5, 5.41) is 10.0. The third-order valence-corrected chi connectivity index (χ3v) is 3.78. The Morgan fingerprint density at radius 2 is 2.25 bits per heavy atom. The van der Waals surface area contributed by atoms with Crippen molar-refractivity contribution in [2.45, 2.75) is 31.8 Å². The zero-order valence-corrected chi connectivity index (χ0v) is 11.5. The molecule has 1 aromatic heterocycles. The van der Waals surface area contributed by atoms with Gasteiger partial charge in [0, 0.05) is 18.8 Å². The molecule has 3 heteroatoms. The van der Waals surface area contributed by atoms with Crippen LogP contribution in [0.15, 0.2) is 42.7 Å². The summed E-state index contributed by atoms with van der Waals surface area (Å²) in [5.41, 5.74) is 3.46. The van der Waals surface area contributed by atoms with Gasteiger partial charge < -0.3 is 9.84 Å². The average molecular weight is 269 g/mol. The monoisotopic (exact) mass is 269 g/mol. The van der Waals surface area contributed by atoms with E-state index in [4.69, 9.17) is 4.74 Å². The number of benzene rings is 1. The van der Waals surface area contributed by atoms with Crippen molar-refractivity contribution in [3.8, 4) is 5.75 Å². The maximum atomic E-state index is 10.0. The lowest BCUT2D eigenvalue weighted by molar-refractivity contribution is 0.156. The molecule has 0 saturated carbocycles. The lowest BCUT2D eigenvalue weighted by atomic mass is 9.89. The highest BCUT2D eigenvalue weighted by Crippen LogP contribution is 2.32. The molecule has 0 spiro atoms. The van der Waals surface area contributed by atoms with E-state index in [1.807, 2.05) is 30.5 Å². The predicted molar refractivity (Wildman–Crippen MR) is 77.8 cm³/mol. The first kappa shape index (κ1) is 13.1. The molecule has 1 atom stereocenters. The Morgan fingerprint density at radius 1 is 1.30 bits per heavy atom. The fourth-order valence-electron chi connectivity index (χ4n) is 2.67. The van der Waals surface area contributed by atoms with Gasteiger partial charge in [-0.1, -0.05) is 12.1 Å². The van der Waals surface area contributed by atoms with Crippen LogP contribution >= 0.6 is 0 Å². The third kappa shape index (κ3) is 2.99. The molecule has 0 aliphatic heterocycles. The van der Waals surface area contributed by atoms with Gasteiger partial charge in [-0.05, 0) is 54.2 Å². The smallest absolute Gasteiger partial charge is 0.119 e. The van der Waals surface area contributed by atoms with Crippen molar-refractivity contribution in [2.75, 3.05) is 6.61 Å². The zero-order valence-electron chi connectivity index (χ0n) is 11.5. The van der Waals surface area contributed by atoms with E-state index in [2.05, 4.69) is 11.1 Å². The van der Waals surface area contributed by atoms with Crippen LogP contribution in [0.3, 0.4) is 0 Å². The van der Waals surface area contributed by atoms with E-state index in [1.165, 1.54) is 11.1 Å². The molecule has 104 valence electrons. The molecule has 2 aromatic rings. The number of rotatable bonds is 4. The summed E-state index contributed by atoms with van der Waals surface area (Å²) in [6.07, 6.45) is 7.12. The van der Waals surface area contributed by atoms with Gasteiger partial charge in [0.1, 0.15) is 5.75 Å². The first-order chi connectivity index (χ1) is 9.83. The first-order valence-electron chi connectivity index (χ1n) is 7.15. The average Bonchev–Trinajstić information content (AvgIpc) is 2.49. The number of fused-ring (bicyclic) bond motifs is 1. The predicted octanol–water partition coefficient (Wildman–Crippen LogP) is 3.07. The Morgan fingerprint density at radius 3 is 3.10 bits per heavy atom. The van der Waals surface area contributed by atoms with Crippen LogP contribution in [0.25, 0.3) is 0 Å². The lowest BCUT2D eigenvalue weighted by Gasteiger charge is -2.22. The summed E-state index contributed by atoms with van der Waals surface area (Å²) in [6.45, 7) is 0.626. The number of ether oxygens (including phenoxy) is 1. The van der Waals surface area contributed by atoms with Crippen LogP contribution in [-0.4, -0.2) is 16.7 Å². The van der Waals surface area contributed by atoms with Gasteiger partial charge in [-0.2, -0.15) is 0 Å². The van der Waals surface area contributed by atoms with E-state index >= 15 is 0 Å². The zero-order chi connectivity index (χ0) is 13.8. The van der Waals surface area contributed by atoms with Crippen molar-refractivity contribution in [3.63, 3.8) is 0 Å². The molecule has 1 N–H and O–H groups in total. The largest absolute Gasteiger partial charge is 0.493 e. The minimum atomic E-state index is -0.333. The van der Waals surface area contributed by atoms with Gasteiger partial charge in [0.05, 0.1) is 12.7 Å². The van der Waals surface area contributed by atoms with Gasteiger partial charge in [-0.15, -0.1) is 0 Å². The number of hydrogen-bond donors (Lipinski definition) is 1. The topological polar surface area (TPSA) is 42.4 Å². The van der Waals surface area contributed by atoms with Crippen LogP contribution in [0.5, 0.6) is 5.75 Å². The van der Waals surface area contributed by atoms with Crippen LogP contribution in [0.1, 0.15) is 35.6 Å². The van der Waals surface area contributed by atoms with Crippen molar-refractivity contribution < 1.29 is 9.84 Å². The summed E-state index contributed by atoms with van der Waals surface area (Å²) >= 11 is 0. The highest BCUT2D eigenvalue weighted by Gasteiger charge is 2.18. The molecule has 0 radical (unpaired) electrons. The van der Waals surface area contributed by atoms with Crippen LogP contribution in [0.4, 0.5) is 0 Å². The Balaban J connectivity index is 1.62. The quantitative estimate of drug-likeness (QED) is 0.927. The van der Waals surface area contributed by atoms with E-state index in [0.29, 0.717) is 6.61 Å². The second-order valence-electron chi connectivity index (χ2n) is 5.23. The third-order valence-electron chi connectivity index (χ3n) is 3.78. The van der Waals surface area contributed by atoms with Crippen molar-refractivity contribution in [1.82, 2.24) is 4.98 Å². The Kier molecular flexibility index (Phi) is 3.97. The number of aromatic nitrogens is 1. The summed E-state index contributed by atoms with van der Waals surface area (Å²) < 4.78 is 5.79. The standard InChI is InChI=1S/C17H19NO2/c19-17-5-1-4-14-6-7-15(11-16(14)17)20-10-8-13-3-2-9-18-12-13/h2-3,6-7,9,11-12,17,19H,1,4-5,8,10H2/t17-/m0/s1. The second kappa shape index (κ2) is 6.06. The molecule has 20 heavy (non-hydrogen) atoms. The molecule has 3 rings (SSSR count). The highest BCUT2D eigenvalue weighted by atomic mass is 16.5. The summed E-state index contributed by atoms with van der Waals surface area (Å²) in [4.78, 5) is 4.09. The van der Waals surface area contributed by atoms with Gasteiger partial charge in [0.15, 0.2) is 0 Å². The second-order valence-corrected chi connectivity index (χ2v) is 5.23. The molecule has 1 aliphatic rings. The molecule has 1 aromatic carbocycles. The van der Waals surface area contributed by atoms with Gasteiger partial charge >= 0.3 is 0 Å². The van der Waals surface area contributed by atoms with Gasteiger partial charge in [0.25, 0.3) is 0 Å².